The minimum absolute atomic E-state index is 0.216. The van der Waals surface area contributed by atoms with E-state index in [1.54, 1.807) is 24.1 Å². The van der Waals surface area contributed by atoms with Crippen molar-refractivity contribution in [3.8, 4) is 0 Å². The first-order valence-corrected chi connectivity index (χ1v) is 10.7. The summed E-state index contributed by atoms with van der Waals surface area (Å²) in [5.41, 5.74) is 0.489. The summed E-state index contributed by atoms with van der Waals surface area (Å²) < 4.78 is 33.1. The van der Waals surface area contributed by atoms with Gasteiger partial charge in [-0.05, 0) is 18.9 Å². The summed E-state index contributed by atoms with van der Waals surface area (Å²) in [7, 11) is -2.49. The van der Waals surface area contributed by atoms with Gasteiger partial charge in [-0.3, -0.25) is 13.7 Å². The van der Waals surface area contributed by atoms with Gasteiger partial charge in [0.2, 0.25) is 5.78 Å². The van der Waals surface area contributed by atoms with Crippen molar-refractivity contribution in [2.75, 3.05) is 25.6 Å². The zero-order chi connectivity index (χ0) is 21.7. The monoisotopic (exact) mass is 440 g/mol. The van der Waals surface area contributed by atoms with E-state index in [9.17, 15) is 18.3 Å². The number of hydrogen-bond donors (Lipinski definition) is 3. The zero-order valence-electron chi connectivity index (χ0n) is 16.3. The Labute approximate surface area is 173 Å². The van der Waals surface area contributed by atoms with Gasteiger partial charge < -0.3 is 15.2 Å². The number of carbonyl (C=O) groups is 1. The molecule has 0 aromatic carbocycles. The van der Waals surface area contributed by atoms with Crippen molar-refractivity contribution in [2.45, 2.75) is 31.5 Å². The summed E-state index contributed by atoms with van der Waals surface area (Å²) in [6.07, 6.45) is 4.37. The Hall–Kier alpha value is -2.45. The molecule has 1 aliphatic rings. The van der Waals surface area contributed by atoms with Crippen LogP contribution < -0.4 is 10.5 Å². The summed E-state index contributed by atoms with van der Waals surface area (Å²) in [6.45, 7) is 0.770. The fraction of sp³-hybridized carbons (Fsp3) is 0.529. The van der Waals surface area contributed by atoms with Gasteiger partial charge in [0.15, 0.2) is 0 Å². The number of rotatable bonds is 10. The van der Waals surface area contributed by atoms with Gasteiger partial charge in [0.05, 0.1) is 31.4 Å². The van der Waals surface area contributed by atoms with Gasteiger partial charge in [-0.25, -0.2) is 15.1 Å². The highest BCUT2D eigenvalue weighted by Crippen LogP contribution is 2.29. The van der Waals surface area contributed by atoms with Gasteiger partial charge in [-0.2, -0.15) is 13.5 Å². The summed E-state index contributed by atoms with van der Waals surface area (Å²) in [4.78, 5) is 21.0. The zero-order valence-corrected chi connectivity index (χ0v) is 17.2. The molecule has 0 radical (unpaired) electrons. The molecule has 0 amide bonds. The Morgan fingerprint density at radius 2 is 2.23 bits per heavy atom. The average Bonchev–Trinajstić information content (AvgIpc) is 3.30. The number of methoxy groups -OCH3 is 1. The lowest BCUT2D eigenvalue weighted by atomic mass is 10.1. The number of nitrogens with zero attached hydrogens (tertiary/aromatic N) is 4. The molecule has 2 aromatic heterocycles. The van der Waals surface area contributed by atoms with E-state index in [-0.39, 0.29) is 29.7 Å². The molecular formula is C17H24N6O6S. The topological polar surface area (TPSA) is 172 Å². The summed E-state index contributed by atoms with van der Waals surface area (Å²) in [5, 5.41) is 22.4. The molecule has 3 atom stereocenters. The maximum absolute atomic E-state index is 12.9. The van der Waals surface area contributed by atoms with Crippen molar-refractivity contribution in [2.24, 2.45) is 11.1 Å². The molecule has 0 spiro atoms. The molecule has 164 valence electrons. The third kappa shape index (κ3) is 5.79. The molecule has 1 aliphatic carbocycles. The van der Waals surface area contributed by atoms with E-state index in [1.807, 2.05) is 0 Å². The first kappa shape index (κ1) is 22.2. The van der Waals surface area contributed by atoms with Crippen LogP contribution in [0, 0.1) is 5.92 Å². The lowest BCUT2D eigenvalue weighted by Crippen LogP contribution is -2.24. The van der Waals surface area contributed by atoms with Crippen molar-refractivity contribution in [1.82, 2.24) is 19.7 Å². The number of anilines is 1. The van der Waals surface area contributed by atoms with Crippen LogP contribution in [0.25, 0.3) is 0 Å². The standard InChI is InChI=1S/C17H24N6O6S/c1-28-5-4-23-3-2-14(22-23)16(25)13-8-19-10-20-17(13)21-12-6-11(15(24)7-12)9-29-30(18,26)27/h2-3,8,10-12,15,24H,4-7,9H2,1H3,(H2,18,26,27)(H,19,20,21)/t11-,12?,15+/m1/s1. The number of aromatic nitrogens is 4. The maximum Gasteiger partial charge on any atom is 0.333 e. The van der Waals surface area contributed by atoms with E-state index in [0.29, 0.717) is 31.8 Å². The first-order valence-electron chi connectivity index (χ1n) is 9.25. The number of aliphatic hydroxyl groups is 1. The van der Waals surface area contributed by atoms with E-state index < -0.39 is 22.3 Å². The predicted octanol–water partition coefficient (Wildman–Crippen LogP) is -0.678. The van der Waals surface area contributed by atoms with Crippen LogP contribution >= 0.6 is 0 Å². The van der Waals surface area contributed by atoms with E-state index >= 15 is 0 Å². The van der Waals surface area contributed by atoms with E-state index in [2.05, 4.69) is 24.6 Å². The van der Waals surface area contributed by atoms with Gasteiger partial charge in [-0.1, -0.05) is 0 Å². The van der Waals surface area contributed by atoms with E-state index in [1.165, 1.54) is 12.5 Å². The molecular weight excluding hydrogens is 416 g/mol. The van der Waals surface area contributed by atoms with Crippen molar-refractivity contribution >= 4 is 21.9 Å². The lowest BCUT2D eigenvalue weighted by molar-refractivity contribution is 0.101. The van der Waals surface area contributed by atoms with Gasteiger partial charge in [0.25, 0.3) is 0 Å². The number of nitrogens with two attached hydrogens (primary N) is 1. The number of carbonyl (C=O) groups excluding carboxylic acids is 1. The Morgan fingerprint density at radius 3 is 2.97 bits per heavy atom. The molecule has 30 heavy (non-hydrogen) atoms. The summed E-state index contributed by atoms with van der Waals surface area (Å²) >= 11 is 0. The van der Waals surface area contributed by atoms with Crippen LogP contribution in [0.5, 0.6) is 0 Å². The molecule has 2 aromatic rings. The normalized spacial score (nSPS) is 21.6. The van der Waals surface area contributed by atoms with Crippen LogP contribution in [0.3, 0.4) is 0 Å². The molecule has 1 fully saturated rings. The number of nitrogens with one attached hydrogen (secondary N) is 1. The highest BCUT2D eigenvalue weighted by Gasteiger charge is 2.34. The van der Waals surface area contributed by atoms with Crippen molar-refractivity contribution in [3.05, 3.63) is 36.0 Å². The highest BCUT2D eigenvalue weighted by molar-refractivity contribution is 7.84. The molecule has 0 aliphatic heterocycles. The SMILES string of the molecule is COCCn1ccc(C(=O)c2cncnc2NC2C[C@H](COS(N)(=O)=O)[C@@H](O)C2)n1. The van der Waals surface area contributed by atoms with Crippen LogP contribution in [0.1, 0.15) is 28.9 Å². The smallest absolute Gasteiger partial charge is 0.333 e. The van der Waals surface area contributed by atoms with Gasteiger partial charge in [0.1, 0.15) is 17.8 Å². The minimum Gasteiger partial charge on any atom is -0.393 e. The van der Waals surface area contributed by atoms with Crippen LogP contribution in [-0.2, 0) is 25.8 Å². The molecule has 3 rings (SSSR count). The van der Waals surface area contributed by atoms with E-state index in [0.717, 1.165) is 0 Å². The second kappa shape index (κ2) is 9.57. The first-order chi connectivity index (χ1) is 14.3. The number of ketones is 1. The molecule has 0 bridgehead atoms. The van der Waals surface area contributed by atoms with Crippen LogP contribution in [0.15, 0.2) is 24.8 Å². The second-order valence-electron chi connectivity index (χ2n) is 6.99. The van der Waals surface area contributed by atoms with Crippen LogP contribution in [0.4, 0.5) is 5.82 Å². The summed E-state index contributed by atoms with van der Waals surface area (Å²) in [6, 6.07) is 1.36. The summed E-state index contributed by atoms with van der Waals surface area (Å²) in [5.74, 6) is -0.452. The largest absolute Gasteiger partial charge is 0.393 e. The Morgan fingerprint density at radius 1 is 1.43 bits per heavy atom. The molecule has 13 heteroatoms. The molecule has 0 saturated heterocycles. The predicted molar refractivity (Wildman–Crippen MR) is 105 cm³/mol. The minimum atomic E-state index is -4.08. The van der Waals surface area contributed by atoms with Crippen molar-refractivity contribution in [1.29, 1.82) is 0 Å². The van der Waals surface area contributed by atoms with Crippen molar-refractivity contribution < 1.29 is 27.2 Å². The average molecular weight is 440 g/mol. The third-order valence-corrected chi connectivity index (χ3v) is 5.26. The molecule has 4 N–H and O–H groups in total. The van der Waals surface area contributed by atoms with Gasteiger partial charge in [0, 0.05) is 31.5 Å². The fourth-order valence-electron chi connectivity index (χ4n) is 3.32. The molecule has 1 saturated carbocycles. The Balaban J connectivity index is 1.68. The number of ether oxygens (including phenoxy) is 1. The maximum atomic E-state index is 12.9. The lowest BCUT2D eigenvalue weighted by Gasteiger charge is -2.15. The van der Waals surface area contributed by atoms with Gasteiger partial charge in [-0.15, -0.1) is 0 Å². The quantitative estimate of drug-likeness (QED) is 0.402. The van der Waals surface area contributed by atoms with Crippen LogP contribution in [-0.4, -0.2) is 71.5 Å². The molecule has 1 unspecified atom stereocenters. The van der Waals surface area contributed by atoms with Crippen LogP contribution in [0.2, 0.25) is 0 Å². The fourth-order valence-corrected chi connectivity index (χ4v) is 3.68. The van der Waals surface area contributed by atoms with Crippen molar-refractivity contribution in [3.63, 3.8) is 0 Å². The number of hydrogen-bond acceptors (Lipinski definition) is 10. The highest BCUT2D eigenvalue weighted by atomic mass is 32.2. The third-order valence-electron chi connectivity index (χ3n) is 4.80. The molecule has 12 nitrogen and oxygen atoms in total. The Kier molecular flexibility index (Phi) is 7.10. The van der Waals surface area contributed by atoms with E-state index in [4.69, 9.17) is 9.88 Å². The second-order valence-corrected chi connectivity index (χ2v) is 8.21. The Bertz CT molecular complexity index is 981. The number of aliphatic hydroxyl groups excluding tert-OH is 1. The van der Waals surface area contributed by atoms with Gasteiger partial charge >= 0.3 is 10.3 Å². The molecule has 2 heterocycles.